The summed E-state index contributed by atoms with van der Waals surface area (Å²) in [5, 5.41) is 4.06. The zero-order chi connectivity index (χ0) is 21.3. The SMILES string of the molecule is Cc1ccc(F)cc1S(=O)(=O)N(C)/N=C\c1cnc2ccc(-c3cccnc3)cn12. The molecule has 0 unspecified atom stereocenters. The molecule has 0 bridgehead atoms. The lowest BCUT2D eigenvalue weighted by Crippen LogP contribution is -2.23. The summed E-state index contributed by atoms with van der Waals surface area (Å²) in [6.45, 7) is 1.61. The van der Waals surface area contributed by atoms with Crippen LogP contribution in [0.15, 0.2) is 77.2 Å². The molecule has 0 aliphatic rings. The van der Waals surface area contributed by atoms with Crippen LogP contribution in [0.2, 0.25) is 0 Å². The van der Waals surface area contributed by atoms with E-state index in [0.717, 1.165) is 21.6 Å². The lowest BCUT2D eigenvalue weighted by atomic mass is 10.1. The number of halogens is 1. The summed E-state index contributed by atoms with van der Waals surface area (Å²) in [5.41, 5.74) is 3.59. The topological polar surface area (TPSA) is 79.9 Å². The van der Waals surface area contributed by atoms with Crippen molar-refractivity contribution in [3.63, 3.8) is 0 Å². The smallest absolute Gasteiger partial charge is 0.279 e. The van der Waals surface area contributed by atoms with Crippen LogP contribution in [-0.4, -0.2) is 40.5 Å². The third-order valence-electron chi connectivity index (χ3n) is 4.66. The first-order chi connectivity index (χ1) is 14.4. The molecule has 0 aliphatic carbocycles. The molecule has 0 spiro atoms. The molecule has 0 saturated heterocycles. The maximum atomic E-state index is 13.6. The van der Waals surface area contributed by atoms with Crippen molar-refractivity contribution in [2.45, 2.75) is 11.8 Å². The summed E-state index contributed by atoms with van der Waals surface area (Å²) in [4.78, 5) is 8.32. The second-order valence-corrected chi connectivity index (χ2v) is 8.58. The second kappa shape index (κ2) is 7.68. The standard InChI is InChI=1S/C21H18FN5O2S/c1-15-5-7-18(22)10-20(15)30(28,29)26(2)25-13-19-12-24-21-8-6-17(14-27(19)21)16-4-3-9-23-11-16/h3-14H,1-2H3/b25-13-. The van der Waals surface area contributed by atoms with E-state index in [2.05, 4.69) is 15.1 Å². The van der Waals surface area contributed by atoms with Gasteiger partial charge < -0.3 is 0 Å². The Hall–Kier alpha value is -3.59. The monoisotopic (exact) mass is 423 g/mol. The molecule has 9 heteroatoms. The van der Waals surface area contributed by atoms with E-state index >= 15 is 0 Å². The van der Waals surface area contributed by atoms with E-state index in [0.29, 0.717) is 16.9 Å². The maximum absolute atomic E-state index is 13.6. The van der Waals surface area contributed by atoms with E-state index < -0.39 is 15.8 Å². The van der Waals surface area contributed by atoms with Crippen LogP contribution in [0.3, 0.4) is 0 Å². The fourth-order valence-corrected chi connectivity index (χ4v) is 4.19. The summed E-state index contributed by atoms with van der Waals surface area (Å²) in [5.74, 6) is -0.624. The average Bonchev–Trinajstić information content (AvgIpc) is 3.16. The maximum Gasteiger partial charge on any atom is 0.279 e. The fourth-order valence-electron chi connectivity index (χ4n) is 3.00. The van der Waals surface area contributed by atoms with Crippen LogP contribution in [0.4, 0.5) is 4.39 Å². The molecule has 4 rings (SSSR count). The first-order valence-corrected chi connectivity index (χ1v) is 10.5. The van der Waals surface area contributed by atoms with Crippen LogP contribution in [0.1, 0.15) is 11.3 Å². The third-order valence-corrected chi connectivity index (χ3v) is 6.44. The van der Waals surface area contributed by atoms with Gasteiger partial charge in [0, 0.05) is 36.8 Å². The number of benzene rings is 1. The number of fused-ring (bicyclic) bond motifs is 1. The Morgan fingerprint density at radius 1 is 1.13 bits per heavy atom. The molecular formula is C21H18FN5O2S. The van der Waals surface area contributed by atoms with Crippen molar-refractivity contribution in [3.05, 3.63) is 84.3 Å². The van der Waals surface area contributed by atoms with E-state index in [9.17, 15) is 12.8 Å². The summed E-state index contributed by atoms with van der Waals surface area (Å²) < 4.78 is 41.8. The van der Waals surface area contributed by atoms with Crippen molar-refractivity contribution in [3.8, 4) is 11.1 Å². The molecule has 0 amide bonds. The minimum absolute atomic E-state index is 0.126. The molecular weight excluding hydrogens is 405 g/mol. The fraction of sp³-hybridized carbons (Fsp3) is 0.0952. The van der Waals surface area contributed by atoms with Gasteiger partial charge in [-0.3, -0.25) is 9.38 Å². The quantitative estimate of drug-likeness (QED) is 0.364. The Bertz CT molecular complexity index is 1350. The first kappa shape index (κ1) is 19.7. The lowest BCUT2D eigenvalue weighted by Gasteiger charge is -2.15. The zero-order valence-electron chi connectivity index (χ0n) is 16.3. The zero-order valence-corrected chi connectivity index (χ0v) is 17.1. The minimum atomic E-state index is -3.99. The summed E-state index contributed by atoms with van der Waals surface area (Å²) in [6, 6.07) is 11.2. The van der Waals surface area contributed by atoms with Gasteiger partial charge in [-0.2, -0.15) is 17.9 Å². The highest BCUT2D eigenvalue weighted by Crippen LogP contribution is 2.21. The van der Waals surface area contributed by atoms with Crippen LogP contribution < -0.4 is 0 Å². The van der Waals surface area contributed by atoms with E-state index in [4.69, 9.17) is 0 Å². The Morgan fingerprint density at radius 3 is 2.73 bits per heavy atom. The van der Waals surface area contributed by atoms with Gasteiger partial charge in [-0.15, -0.1) is 0 Å². The predicted molar refractivity (Wildman–Crippen MR) is 112 cm³/mol. The molecule has 0 radical (unpaired) electrons. The molecule has 152 valence electrons. The molecule has 0 aliphatic heterocycles. The molecule has 0 N–H and O–H groups in total. The van der Waals surface area contributed by atoms with Gasteiger partial charge in [0.25, 0.3) is 10.0 Å². The van der Waals surface area contributed by atoms with Crippen LogP contribution >= 0.6 is 0 Å². The second-order valence-electron chi connectivity index (χ2n) is 6.66. The predicted octanol–water partition coefficient (Wildman–Crippen LogP) is 3.50. The molecule has 1 aromatic carbocycles. The third kappa shape index (κ3) is 3.67. The van der Waals surface area contributed by atoms with Gasteiger partial charge in [-0.05, 0) is 42.8 Å². The van der Waals surface area contributed by atoms with Gasteiger partial charge in [0.15, 0.2) is 0 Å². The molecule has 0 atom stereocenters. The number of imidazole rings is 1. The number of sulfonamides is 1. The molecule has 3 aromatic heterocycles. The number of pyridine rings is 2. The van der Waals surface area contributed by atoms with E-state index in [1.54, 1.807) is 29.9 Å². The van der Waals surface area contributed by atoms with Gasteiger partial charge >= 0.3 is 0 Å². The molecule has 3 heterocycles. The summed E-state index contributed by atoms with van der Waals surface area (Å²) in [6.07, 6.45) is 8.34. The van der Waals surface area contributed by atoms with Gasteiger partial charge in [0.2, 0.25) is 0 Å². The Morgan fingerprint density at radius 2 is 1.97 bits per heavy atom. The van der Waals surface area contributed by atoms with Crippen molar-refractivity contribution in [2.24, 2.45) is 5.10 Å². The van der Waals surface area contributed by atoms with E-state index in [1.165, 1.54) is 25.4 Å². The van der Waals surface area contributed by atoms with E-state index in [1.807, 2.05) is 30.5 Å². The number of hydrazone groups is 1. The van der Waals surface area contributed by atoms with Crippen molar-refractivity contribution in [2.75, 3.05) is 7.05 Å². The molecule has 0 saturated carbocycles. The average molecular weight is 423 g/mol. The van der Waals surface area contributed by atoms with Gasteiger partial charge in [0.1, 0.15) is 11.5 Å². The van der Waals surface area contributed by atoms with Crippen LogP contribution in [0.25, 0.3) is 16.8 Å². The van der Waals surface area contributed by atoms with Crippen molar-refractivity contribution in [1.82, 2.24) is 18.8 Å². The number of hydrogen-bond acceptors (Lipinski definition) is 5. The normalized spacial score (nSPS) is 12.0. The number of hydrogen-bond donors (Lipinski definition) is 0. The first-order valence-electron chi connectivity index (χ1n) is 9.03. The van der Waals surface area contributed by atoms with Crippen LogP contribution in [0.5, 0.6) is 0 Å². The Labute approximate surface area is 173 Å². The van der Waals surface area contributed by atoms with Crippen molar-refractivity contribution >= 4 is 21.9 Å². The number of nitrogens with zero attached hydrogens (tertiary/aromatic N) is 5. The Balaban J connectivity index is 1.67. The lowest BCUT2D eigenvalue weighted by molar-refractivity contribution is 0.489. The highest BCUT2D eigenvalue weighted by Gasteiger charge is 2.22. The van der Waals surface area contributed by atoms with Crippen LogP contribution in [0, 0.1) is 12.7 Å². The van der Waals surface area contributed by atoms with E-state index in [-0.39, 0.29) is 4.90 Å². The number of aryl methyl sites for hydroxylation is 1. The van der Waals surface area contributed by atoms with Crippen molar-refractivity contribution < 1.29 is 12.8 Å². The largest absolute Gasteiger partial charge is 0.298 e. The van der Waals surface area contributed by atoms with Gasteiger partial charge in [0.05, 0.1) is 23.0 Å². The van der Waals surface area contributed by atoms with Gasteiger partial charge in [-0.25, -0.2) is 9.37 Å². The molecule has 30 heavy (non-hydrogen) atoms. The highest BCUT2D eigenvalue weighted by atomic mass is 32.2. The van der Waals surface area contributed by atoms with Gasteiger partial charge in [-0.1, -0.05) is 12.1 Å². The van der Waals surface area contributed by atoms with Crippen molar-refractivity contribution in [1.29, 1.82) is 0 Å². The van der Waals surface area contributed by atoms with Crippen LogP contribution in [-0.2, 0) is 10.0 Å². The summed E-state index contributed by atoms with van der Waals surface area (Å²) in [7, 11) is -2.69. The number of aromatic nitrogens is 3. The molecule has 4 aromatic rings. The molecule has 0 fully saturated rings. The summed E-state index contributed by atoms with van der Waals surface area (Å²) >= 11 is 0. The number of rotatable bonds is 5. The molecule has 7 nitrogen and oxygen atoms in total. The minimum Gasteiger partial charge on any atom is -0.298 e. The Kier molecular flexibility index (Phi) is 5.04. The highest BCUT2D eigenvalue weighted by molar-refractivity contribution is 7.89.